The first-order chi connectivity index (χ1) is 10.0. The Kier molecular flexibility index (Phi) is 5.01. The molecule has 0 spiro atoms. The molecule has 1 unspecified atom stereocenters. The third kappa shape index (κ3) is 3.64. The van der Waals surface area contributed by atoms with E-state index in [-0.39, 0.29) is 6.04 Å². The molecule has 0 fully saturated rings. The van der Waals surface area contributed by atoms with Gasteiger partial charge >= 0.3 is 0 Å². The molecule has 2 rings (SSSR count). The lowest BCUT2D eigenvalue weighted by Crippen LogP contribution is -2.23. The molecule has 114 valence electrons. The van der Waals surface area contributed by atoms with E-state index in [1.807, 2.05) is 4.68 Å². The molecule has 6 heteroatoms. The third-order valence-electron chi connectivity index (χ3n) is 3.33. The second kappa shape index (κ2) is 6.76. The number of likely N-dealkylation sites (N-methyl/N-ethyl adjacent to an activating group) is 1. The van der Waals surface area contributed by atoms with Crippen molar-refractivity contribution in [2.24, 2.45) is 5.92 Å². The van der Waals surface area contributed by atoms with Crippen LogP contribution < -0.4 is 5.32 Å². The monoisotopic (exact) mass is 294 g/mol. The van der Waals surface area contributed by atoms with Gasteiger partial charge in [-0.1, -0.05) is 26.0 Å². The van der Waals surface area contributed by atoms with Gasteiger partial charge in [-0.2, -0.15) is 5.10 Å². The van der Waals surface area contributed by atoms with Crippen LogP contribution in [0.2, 0.25) is 0 Å². The molecule has 0 radical (unpaired) electrons. The Morgan fingerprint density at radius 1 is 1.29 bits per heavy atom. The summed E-state index contributed by atoms with van der Waals surface area (Å²) < 4.78 is 29.1. The smallest absolute Gasteiger partial charge is 0.163 e. The fraction of sp³-hybridized carbons (Fsp3) is 0.467. The van der Waals surface area contributed by atoms with Gasteiger partial charge in [0.05, 0.1) is 0 Å². The molecule has 0 aliphatic heterocycles. The van der Waals surface area contributed by atoms with Crippen LogP contribution in [-0.4, -0.2) is 21.8 Å². The second-order valence-corrected chi connectivity index (χ2v) is 5.44. The number of hydrogen-bond acceptors (Lipinski definition) is 3. The van der Waals surface area contributed by atoms with Crippen molar-refractivity contribution in [3.63, 3.8) is 0 Å². The first-order valence-corrected chi connectivity index (χ1v) is 7.00. The van der Waals surface area contributed by atoms with Gasteiger partial charge in [-0.3, -0.25) is 0 Å². The van der Waals surface area contributed by atoms with Gasteiger partial charge < -0.3 is 5.32 Å². The standard InChI is InChI=1S/C15H20F2N4/c1-10(2)8-21-14(19-9-20-21)7-13(18-3)11-5-4-6-12(16)15(11)17/h4-6,9-10,13,18H,7-8H2,1-3H3. The van der Waals surface area contributed by atoms with Gasteiger partial charge in [0.15, 0.2) is 11.6 Å². The highest BCUT2D eigenvalue weighted by Gasteiger charge is 2.19. The van der Waals surface area contributed by atoms with Gasteiger partial charge in [-0.25, -0.2) is 18.4 Å². The molecular formula is C15H20F2N4. The maximum absolute atomic E-state index is 13.9. The average molecular weight is 294 g/mol. The highest BCUT2D eigenvalue weighted by atomic mass is 19.2. The van der Waals surface area contributed by atoms with E-state index in [2.05, 4.69) is 29.2 Å². The van der Waals surface area contributed by atoms with Crippen LogP contribution in [0.25, 0.3) is 0 Å². The Bertz CT molecular complexity index is 595. The van der Waals surface area contributed by atoms with Crippen LogP contribution in [0.1, 0.15) is 31.3 Å². The molecule has 0 saturated heterocycles. The van der Waals surface area contributed by atoms with Crippen molar-refractivity contribution in [1.82, 2.24) is 20.1 Å². The first kappa shape index (κ1) is 15.6. The minimum Gasteiger partial charge on any atom is -0.313 e. The van der Waals surface area contributed by atoms with E-state index >= 15 is 0 Å². The Hall–Kier alpha value is -1.82. The number of benzene rings is 1. The van der Waals surface area contributed by atoms with Crippen molar-refractivity contribution in [3.05, 3.63) is 47.5 Å². The van der Waals surface area contributed by atoms with Gasteiger partial charge in [0.25, 0.3) is 0 Å². The highest BCUT2D eigenvalue weighted by Crippen LogP contribution is 2.22. The zero-order chi connectivity index (χ0) is 15.4. The molecule has 1 N–H and O–H groups in total. The maximum atomic E-state index is 13.9. The lowest BCUT2D eigenvalue weighted by atomic mass is 10.0. The fourth-order valence-electron chi connectivity index (χ4n) is 2.28. The summed E-state index contributed by atoms with van der Waals surface area (Å²) in [4.78, 5) is 4.23. The Balaban J connectivity index is 2.24. The first-order valence-electron chi connectivity index (χ1n) is 7.00. The van der Waals surface area contributed by atoms with Crippen LogP contribution in [0.3, 0.4) is 0 Å². The number of aromatic nitrogens is 3. The summed E-state index contributed by atoms with van der Waals surface area (Å²) >= 11 is 0. The summed E-state index contributed by atoms with van der Waals surface area (Å²) in [6.45, 7) is 4.93. The molecule has 2 aromatic rings. The van der Waals surface area contributed by atoms with Crippen molar-refractivity contribution < 1.29 is 8.78 Å². The van der Waals surface area contributed by atoms with Gasteiger partial charge in [0, 0.05) is 24.6 Å². The normalized spacial score (nSPS) is 12.9. The van der Waals surface area contributed by atoms with E-state index < -0.39 is 11.6 Å². The summed E-state index contributed by atoms with van der Waals surface area (Å²) in [7, 11) is 1.72. The lowest BCUT2D eigenvalue weighted by molar-refractivity contribution is 0.439. The van der Waals surface area contributed by atoms with Crippen LogP contribution in [0.15, 0.2) is 24.5 Å². The quantitative estimate of drug-likeness (QED) is 0.891. The number of halogens is 2. The van der Waals surface area contributed by atoms with Crippen molar-refractivity contribution in [3.8, 4) is 0 Å². The molecule has 21 heavy (non-hydrogen) atoms. The molecule has 1 aromatic heterocycles. The summed E-state index contributed by atoms with van der Waals surface area (Å²) in [5.41, 5.74) is 0.302. The molecule has 4 nitrogen and oxygen atoms in total. The van der Waals surface area contributed by atoms with E-state index in [0.29, 0.717) is 17.9 Å². The molecule has 0 aliphatic carbocycles. The molecule has 1 aromatic carbocycles. The van der Waals surface area contributed by atoms with Crippen LogP contribution in [0.4, 0.5) is 8.78 Å². The number of nitrogens with zero attached hydrogens (tertiary/aromatic N) is 3. The Morgan fingerprint density at radius 2 is 2.05 bits per heavy atom. The van der Waals surface area contributed by atoms with Crippen LogP contribution in [0, 0.1) is 17.6 Å². The van der Waals surface area contributed by atoms with E-state index in [1.165, 1.54) is 12.4 Å². The lowest BCUT2D eigenvalue weighted by Gasteiger charge is -2.18. The highest BCUT2D eigenvalue weighted by molar-refractivity contribution is 5.23. The minimum absolute atomic E-state index is 0.302. The van der Waals surface area contributed by atoms with Crippen LogP contribution >= 0.6 is 0 Å². The molecule has 1 atom stereocenters. The molecule has 0 aliphatic rings. The van der Waals surface area contributed by atoms with Gasteiger partial charge in [0.1, 0.15) is 12.2 Å². The molecule has 0 saturated carbocycles. The van der Waals surface area contributed by atoms with Crippen LogP contribution in [0.5, 0.6) is 0 Å². The fourth-order valence-corrected chi connectivity index (χ4v) is 2.28. The predicted molar refractivity (Wildman–Crippen MR) is 76.7 cm³/mol. The van der Waals surface area contributed by atoms with Gasteiger partial charge in [-0.15, -0.1) is 0 Å². The predicted octanol–water partition coefficient (Wildman–Crippen LogP) is 2.72. The van der Waals surface area contributed by atoms with Crippen molar-refractivity contribution in [2.75, 3.05) is 7.05 Å². The SMILES string of the molecule is CNC(Cc1ncnn1CC(C)C)c1cccc(F)c1F. The van der Waals surface area contributed by atoms with E-state index in [9.17, 15) is 8.78 Å². The summed E-state index contributed by atoms with van der Waals surface area (Å²) in [6, 6.07) is 3.86. The molecule has 0 amide bonds. The largest absolute Gasteiger partial charge is 0.313 e. The number of hydrogen-bond donors (Lipinski definition) is 1. The Morgan fingerprint density at radius 3 is 2.71 bits per heavy atom. The molecule has 1 heterocycles. The molecular weight excluding hydrogens is 274 g/mol. The van der Waals surface area contributed by atoms with E-state index in [1.54, 1.807) is 13.1 Å². The number of nitrogens with one attached hydrogen (secondary N) is 1. The Labute approximate surface area is 123 Å². The van der Waals surface area contributed by atoms with Crippen molar-refractivity contribution >= 4 is 0 Å². The molecule has 0 bridgehead atoms. The summed E-state index contributed by atoms with van der Waals surface area (Å²) in [6.07, 6.45) is 1.94. The topological polar surface area (TPSA) is 42.7 Å². The summed E-state index contributed by atoms with van der Waals surface area (Å²) in [5.74, 6) is -0.459. The summed E-state index contributed by atoms with van der Waals surface area (Å²) in [5, 5.41) is 7.20. The average Bonchev–Trinajstić information content (AvgIpc) is 2.86. The zero-order valence-corrected chi connectivity index (χ0v) is 12.5. The van der Waals surface area contributed by atoms with Crippen LogP contribution in [-0.2, 0) is 13.0 Å². The number of rotatable bonds is 6. The van der Waals surface area contributed by atoms with Gasteiger partial charge in [-0.05, 0) is 19.0 Å². The van der Waals surface area contributed by atoms with E-state index in [4.69, 9.17) is 0 Å². The van der Waals surface area contributed by atoms with E-state index in [0.717, 1.165) is 18.4 Å². The second-order valence-electron chi connectivity index (χ2n) is 5.44. The van der Waals surface area contributed by atoms with Gasteiger partial charge in [0.2, 0.25) is 0 Å². The zero-order valence-electron chi connectivity index (χ0n) is 12.5. The minimum atomic E-state index is -0.837. The van der Waals surface area contributed by atoms with Crippen molar-refractivity contribution in [1.29, 1.82) is 0 Å². The van der Waals surface area contributed by atoms with Crippen molar-refractivity contribution in [2.45, 2.75) is 32.9 Å². The maximum Gasteiger partial charge on any atom is 0.163 e. The third-order valence-corrected chi connectivity index (χ3v) is 3.33.